The molecule has 7 heteroatoms. The van der Waals surface area contributed by atoms with Crippen molar-refractivity contribution in [3.63, 3.8) is 0 Å². The molecule has 0 unspecified atom stereocenters. The second kappa shape index (κ2) is 9.73. The molecule has 0 saturated carbocycles. The zero-order valence-electron chi connectivity index (χ0n) is 17.2. The lowest BCUT2D eigenvalue weighted by molar-refractivity contribution is 0.300. The number of halogens is 1. The number of hydrogen-bond donors (Lipinski definition) is 1. The summed E-state index contributed by atoms with van der Waals surface area (Å²) in [5.74, 6) is 0.490. The number of nitrogens with one attached hydrogen (secondary N) is 1. The average Bonchev–Trinajstić information content (AvgIpc) is 2.79. The van der Waals surface area contributed by atoms with Crippen LogP contribution in [0, 0.1) is 0 Å². The fourth-order valence-electron chi connectivity index (χ4n) is 3.21. The maximum atomic E-state index is 12.7. The van der Waals surface area contributed by atoms with E-state index in [2.05, 4.69) is 17.2 Å². The third kappa shape index (κ3) is 5.29. The lowest BCUT2D eigenvalue weighted by Gasteiger charge is -2.10. The zero-order chi connectivity index (χ0) is 21.6. The molecule has 0 atom stereocenters. The molecule has 0 fully saturated rings. The Hall–Kier alpha value is -3.22. The van der Waals surface area contributed by atoms with Crippen LogP contribution >= 0.6 is 11.6 Å². The van der Waals surface area contributed by atoms with Gasteiger partial charge in [-0.05, 0) is 55.4 Å². The van der Waals surface area contributed by atoms with E-state index in [1.807, 2.05) is 30.3 Å². The van der Waals surface area contributed by atoms with Crippen LogP contribution < -0.4 is 15.6 Å². The van der Waals surface area contributed by atoms with Crippen LogP contribution in [0.15, 0.2) is 71.8 Å². The molecule has 0 aliphatic carbocycles. The van der Waals surface area contributed by atoms with E-state index in [1.54, 1.807) is 35.2 Å². The van der Waals surface area contributed by atoms with Crippen LogP contribution in [-0.2, 0) is 13.2 Å². The van der Waals surface area contributed by atoms with Gasteiger partial charge >= 0.3 is 0 Å². The molecular formula is C24H23ClN4O2. The van der Waals surface area contributed by atoms with Crippen LogP contribution in [-0.4, -0.2) is 21.1 Å². The second-order valence-electron chi connectivity index (χ2n) is 7.18. The Kier molecular flexibility index (Phi) is 6.60. The Bertz CT molecular complexity index is 1240. The Morgan fingerprint density at radius 1 is 1.06 bits per heavy atom. The molecule has 0 radical (unpaired) electrons. The third-order valence-corrected chi connectivity index (χ3v) is 5.03. The quantitative estimate of drug-likeness (QED) is 0.413. The Labute approximate surface area is 185 Å². The van der Waals surface area contributed by atoms with Crippen molar-refractivity contribution >= 4 is 22.5 Å². The van der Waals surface area contributed by atoms with Gasteiger partial charge in [0.05, 0.1) is 21.9 Å². The predicted octanol–water partition coefficient (Wildman–Crippen LogP) is 4.51. The summed E-state index contributed by atoms with van der Waals surface area (Å²) in [5.41, 5.74) is 3.25. The maximum absolute atomic E-state index is 12.7. The molecule has 6 nitrogen and oxygen atoms in total. The Morgan fingerprint density at radius 3 is 2.71 bits per heavy atom. The highest BCUT2D eigenvalue weighted by Crippen LogP contribution is 2.18. The molecule has 31 heavy (non-hydrogen) atoms. The van der Waals surface area contributed by atoms with Gasteiger partial charge in [-0.3, -0.25) is 19.3 Å². The van der Waals surface area contributed by atoms with Crippen LogP contribution in [0.5, 0.6) is 5.75 Å². The first kappa shape index (κ1) is 21.0. The number of rotatable bonds is 8. The van der Waals surface area contributed by atoms with E-state index in [0.717, 1.165) is 47.5 Å². The first-order valence-electron chi connectivity index (χ1n) is 10.2. The first-order chi connectivity index (χ1) is 15.1. The number of nitrogens with zero attached hydrogens (tertiary/aromatic N) is 3. The van der Waals surface area contributed by atoms with Crippen molar-refractivity contribution < 1.29 is 4.74 Å². The zero-order valence-corrected chi connectivity index (χ0v) is 18.0. The molecule has 0 aliphatic heterocycles. The SMILES string of the molecule is CCCNCc1ccc2cc(-n3ccc(OCc4ccc(Cl)cn4)cc3=O)ccc2n1. The number of benzene rings is 1. The van der Waals surface area contributed by atoms with E-state index in [1.165, 1.54) is 6.07 Å². The van der Waals surface area contributed by atoms with Gasteiger partial charge in [-0.15, -0.1) is 0 Å². The molecule has 4 aromatic rings. The highest BCUT2D eigenvalue weighted by molar-refractivity contribution is 6.30. The van der Waals surface area contributed by atoms with E-state index in [-0.39, 0.29) is 12.2 Å². The Morgan fingerprint density at radius 2 is 1.94 bits per heavy atom. The predicted molar refractivity (Wildman–Crippen MR) is 123 cm³/mol. The second-order valence-corrected chi connectivity index (χ2v) is 7.62. The monoisotopic (exact) mass is 434 g/mol. The summed E-state index contributed by atoms with van der Waals surface area (Å²) in [7, 11) is 0. The lowest BCUT2D eigenvalue weighted by Crippen LogP contribution is -2.17. The fraction of sp³-hybridized carbons (Fsp3) is 0.208. The van der Waals surface area contributed by atoms with Gasteiger partial charge in [-0.1, -0.05) is 24.6 Å². The minimum Gasteiger partial charge on any atom is -0.487 e. The minimum absolute atomic E-state index is 0.172. The molecule has 0 amide bonds. The third-order valence-electron chi connectivity index (χ3n) is 4.81. The van der Waals surface area contributed by atoms with Gasteiger partial charge in [0, 0.05) is 36.1 Å². The van der Waals surface area contributed by atoms with Gasteiger partial charge in [0.15, 0.2) is 0 Å². The number of hydrogen-bond acceptors (Lipinski definition) is 5. The van der Waals surface area contributed by atoms with E-state index in [0.29, 0.717) is 10.8 Å². The van der Waals surface area contributed by atoms with E-state index in [9.17, 15) is 4.79 Å². The number of ether oxygens (including phenoxy) is 1. The molecule has 3 aromatic heterocycles. The number of fused-ring (bicyclic) bond motifs is 1. The summed E-state index contributed by atoms with van der Waals surface area (Å²) in [4.78, 5) is 21.5. The fourth-order valence-corrected chi connectivity index (χ4v) is 3.32. The summed E-state index contributed by atoms with van der Waals surface area (Å²) in [6.45, 7) is 4.12. The molecule has 1 aromatic carbocycles. The van der Waals surface area contributed by atoms with Crippen molar-refractivity contribution in [2.75, 3.05) is 6.54 Å². The van der Waals surface area contributed by atoms with Crippen molar-refractivity contribution in [2.24, 2.45) is 0 Å². The van der Waals surface area contributed by atoms with Gasteiger partial charge in [0.1, 0.15) is 12.4 Å². The Balaban J connectivity index is 1.49. The summed E-state index contributed by atoms with van der Waals surface area (Å²) >= 11 is 5.84. The molecule has 158 valence electrons. The highest BCUT2D eigenvalue weighted by atomic mass is 35.5. The minimum atomic E-state index is -0.172. The molecule has 0 saturated heterocycles. The van der Waals surface area contributed by atoms with Gasteiger partial charge in [-0.2, -0.15) is 0 Å². The van der Waals surface area contributed by atoms with Crippen molar-refractivity contribution in [1.82, 2.24) is 19.9 Å². The molecule has 3 heterocycles. The van der Waals surface area contributed by atoms with Crippen LogP contribution in [0.4, 0.5) is 0 Å². The van der Waals surface area contributed by atoms with Gasteiger partial charge in [0.2, 0.25) is 0 Å². The summed E-state index contributed by atoms with van der Waals surface area (Å²) in [6, 6.07) is 16.6. The molecule has 0 spiro atoms. The smallest absolute Gasteiger partial charge is 0.258 e. The van der Waals surface area contributed by atoms with Crippen molar-refractivity contribution in [2.45, 2.75) is 26.5 Å². The molecular weight excluding hydrogens is 412 g/mol. The van der Waals surface area contributed by atoms with E-state index in [4.69, 9.17) is 21.3 Å². The first-order valence-corrected chi connectivity index (χ1v) is 10.6. The maximum Gasteiger partial charge on any atom is 0.258 e. The van der Waals surface area contributed by atoms with Crippen LogP contribution in [0.2, 0.25) is 5.02 Å². The van der Waals surface area contributed by atoms with Crippen LogP contribution in [0.3, 0.4) is 0 Å². The molecule has 0 aliphatic rings. The normalized spacial score (nSPS) is 11.0. The molecule has 4 rings (SSSR count). The van der Waals surface area contributed by atoms with Gasteiger partial charge < -0.3 is 10.1 Å². The van der Waals surface area contributed by atoms with Crippen molar-refractivity contribution in [1.29, 1.82) is 0 Å². The highest BCUT2D eigenvalue weighted by Gasteiger charge is 2.06. The standard InChI is InChI=1S/C24H23ClN4O2/c1-2-10-26-15-19-5-3-17-12-21(7-8-23(17)28-19)29-11-9-22(13-24(29)30)31-16-20-6-4-18(25)14-27-20/h3-9,11-14,26H,2,10,15-16H2,1H3. The topological polar surface area (TPSA) is 69.0 Å². The van der Waals surface area contributed by atoms with Gasteiger partial charge in [-0.25, -0.2) is 0 Å². The van der Waals surface area contributed by atoms with Crippen molar-refractivity contribution in [3.8, 4) is 11.4 Å². The molecule has 1 N–H and O–H groups in total. The van der Waals surface area contributed by atoms with Crippen LogP contribution in [0.1, 0.15) is 24.7 Å². The van der Waals surface area contributed by atoms with Crippen LogP contribution in [0.25, 0.3) is 16.6 Å². The lowest BCUT2D eigenvalue weighted by atomic mass is 10.1. The summed E-state index contributed by atoms with van der Waals surface area (Å²) in [5, 5.41) is 4.91. The summed E-state index contributed by atoms with van der Waals surface area (Å²) < 4.78 is 7.28. The largest absolute Gasteiger partial charge is 0.487 e. The van der Waals surface area contributed by atoms with Crippen molar-refractivity contribution in [3.05, 3.63) is 93.8 Å². The van der Waals surface area contributed by atoms with Gasteiger partial charge in [0.25, 0.3) is 5.56 Å². The number of pyridine rings is 3. The molecule has 0 bridgehead atoms. The number of aromatic nitrogens is 3. The van der Waals surface area contributed by atoms with E-state index >= 15 is 0 Å². The summed E-state index contributed by atoms with van der Waals surface area (Å²) in [6.07, 6.45) is 4.37. The average molecular weight is 435 g/mol. The van der Waals surface area contributed by atoms with E-state index < -0.39 is 0 Å².